The molecule has 0 bridgehead atoms. The second-order valence-electron chi connectivity index (χ2n) is 7.22. The number of nitrogens with zero attached hydrogens (tertiary/aromatic N) is 1. The quantitative estimate of drug-likeness (QED) is 0.862. The Balaban J connectivity index is 1.86. The molecule has 2 heterocycles. The number of likely N-dealkylation sites (tertiary alicyclic amines) is 1. The Bertz CT molecular complexity index is 518. The predicted octanol–water partition coefficient (Wildman–Crippen LogP) is 3.08. The summed E-state index contributed by atoms with van der Waals surface area (Å²) in [5.41, 5.74) is 3.28. The van der Waals surface area contributed by atoms with E-state index in [0.29, 0.717) is 18.4 Å². The molecule has 0 saturated carbocycles. The van der Waals surface area contributed by atoms with Crippen molar-refractivity contribution in [2.45, 2.75) is 46.3 Å². The van der Waals surface area contributed by atoms with Crippen LogP contribution in [0.1, 0.15) is 43.1 Å². The maximum atomic E-state index is 10.9. The van der Waals surface area contributed by atoms with Gasteiger partial charge in [-0.25, -0.2) is 0 Å². The molecule has 0 amide bonds. The molecule has 0 aromatic heterocycles. The van der Waals surface area contributed by atoms with Gasteiger partial charge in [0.15, 0.2) is 0 Å². The van der Waals surface area contributed by atoms with E-state index in [4.69, 9.17) is 4.74 Å². The summed E-state index contributed by atoms with van der Waals surface area (Å²) in [6.45, 7) is 11.5. The van der Waals surface area contributed by atoms with Crippen LogP contribution in [0.3, 0.4) is 0 Å². The van der Waals surface area contributed by atoms with Gasteiger partial charge in [-0.15, -0.1) is 0 Å². The Hall–Kier alpha value is -1.06. The van der Waals surface area contributed by atoms with E-state index < -0.39 is 6.10 Å². The number of aryl methyl sites for hydroxylation is 2. The molecule has 1 aromatic rings. The van der Waals surface area contributed by atoms with E-state index in [1.54, 1.807) is 0 Å². The molecule has 3 rings (SSSR count). The van der Waals surface area contributed by atoms with Crippen molar-refractivity contribution in [2.24, 2.45) is 11.8 Å². The molecule has 1 N–H and O–H groups in total. The normalized spacial score (nSPS) is 33.4. The molecule has 1 saturated heterocycles. The molecule has 2 aliphatic heterocycles. The van der Waals surface area contributed by atoms with Gasteiger partial charge in [0.25, 0.3) is 0 Å². The van der Waals surface area contributed by atoms with Crippen molar-refractivity contribution in [1.82, 2.24) is 4.90 Å². The molecule has 1 aromatic carbocycles. The van der Waals surface area contributed by atoms with Gasteiger partial charge in [-0.1, -0.05) is 25.5 Å². The lowest BCUT2D eigenvalue weighted by molar-refractivity contribution is -0.0229. The van der Waals surface area contributed by atoms with Gasteiger partial charge in [0, 0.05) is 18.7 Å². The third kappa shape index (κ3) is 2.82. The molecule has 4 unspecified atom stereocenters. The average Bonchev–Trinajstić information content (AvgIpc) is 2.38. The first-order valence-electron chi connectivity index (χ1n) is 8.11. The summed E-state index contributed by atoms with van der Waals surface area (Å²) < 4.78 is 6.01. The average molecular weight is 289 g/mol. The monoisotopic (exact) mass is 289 g/mol. The van der Waals surface area contributed by atoms with Crippen LogP contribution in [0.4, 0.5) is 0 Å². The van der Waals surface area contributed by atoms with E-state index in [1.807, 2.05) is 0 Å². The van der Waals surface area contributed by atoms with E-state index in [-0.39, 0.29) is 6.04 Å². The largest absolute Gasteiger partial charge is 0.491 e. The second-order valence-corrected chi connectivity index (χ2v) is 7.22. The van der Waals surface area contributed by atoms with Gasteiger partial charge in [-0.05, 0) is 43.7 Å². The van der Waals surface area contributed by atoms with Crippen LogP contribution in [0.25, 0.3) is 0 Å². The highest BCUT2D eigenvalue weighted by Gasteiger charge is 2.37. The zero-order valence-corrected chi connectivity index (χ0v) is 13.6. The minimum Gasteiger partial charge on any atom is -0.491 e. The third-order valence-corrected chi connectivity index (χ3v) is 4.90. The minimum atomic E-state index is -0.440. The summed E-state index contributed by atoms with van der Waals surface area (Å²) in [6.07, 6.45) is 0.847. The minimum absolute atomic E-state index is 0.0869. The summed E-state index contributed by atoms with van der Waals surface area (Å²) in [5, 5.41) is 10.9. The van der Waals surface area contributed by atoms with Crippen LogP contribution >= 0.6 is 0 Å². The number of hydrogen-bond donors (Lipinski definition) is 1. The van der Waals surface area contributed by atoms with Crippen molar-refractivity contribution >= 4 is 0 Å². The molecule has 116 valence electrons. The maximum absolute atomic E-state index is 10.9. The molecule has 0 radical (unpaired) electrons. The van der Waals surface area contributed by atoms with E-state index in [2.05, 4.69) is 44.7 Å². The van der Waals surface area contributed by atoms with Crippen LogP contribution in [-0.2, 0) is 0 Å². The summed E-state index contributed by atoms with van der Waals surface area (Å²) in [4.78, 5) is 2.43. The molecule has 0 aliphatic carbocycles. The van der Waals surface area contributed by atoms with Gasteiger partial charge in [0.2, 0.25) is 0 Å². The first-order chi connectivity index (χ1) is 9.95. The van der Waals surface area contributed by atoms with Crippen LogP contribution in [0.15, 0.2) is 12.1 Å². The van der Waals surface area contributed by atoms with Crippen molar-refractivity contribution in [3.05, 3.63) is 28.8 Å². The Kier molecular flexibility index (Phi) is 3.98. The molecule has 1 fully saturated rings. The Labute approximate surface area is 127 Å². The van der Waals surface area contributed by atoms with E-state index in [1.165, 1.54) is 12.0 Å². The molecular formula is C18H27NO2. The number of benzene rings is 1. The Morgan fingerprint density at radius 2 is 1.81 bits per heavy atom. The van der Waals surface area contributed by atoms with Crippen LogP contribution < -0.4 is 4.74 Å². The number of fused-ring (bicyclic) bond motifs is 1. The van der Waals surface area contributed by atoms with Gasteiger partial charge in [0.05, 0.1) is 6.04 Å². The number of piperidine rings is 1. The van der Waals surface area contributed by atoms with Crippen LogP contribution in [-0.4, -0.2) is 35.7 Å². The number of rotatable bonds is 1. The summed E-state index contributed by atoms with van der Waals surface area (Å²) in [6, 6.07) is 4.29. The fourth-order valence-electron chi connectivity index (χ4n) is 4.16. The van der Waals surface area contributed by atoms with E-state index in [0.717, 1.165) is 30.0 Å². The molecule has 3 heteroatoms. The highest BCUT2D eigenvalue weighted by atomic mass is 16.5. The van der Waals surface area contributed by atoms with Crippen LogP contribution in [0.2, 0.25) is 0 Å². The topological polar surface area (TPSA) is 32.7 Å². The number of aliphatic hydroxyl groups is 1. The van der Waals surface area contributed by atoms with Crippen molar-refractivity contribution < 1.29 is 9.84 Å². The molecule has 4 atom stereocenters. The lowest BCUT2D eigenvalue weighted by Gasteiger charge is -2.44. The van der Waals surface area contributed by atoms with Gasteiger partial charge < -0.3 is 9.84 Å². The summed E-state index contributed by atoms with van der Waals surface area (Å²) >= 11 is 0. The zero-order chi connectivity index (χ0) is 15.1. The molecular weight excluding hydrogens is 262 g/mol. The Morgan fingerprint density at radius 3 is 2.48 bits per heavy atom. The van der Waals surface area contributed by atoms with Crippen LogP contribution in [0, 0.1) is 25.7 Å². The maximum Gasteiger partial charge on any atom is 0.128 e. The van der Waals surface area contributed by atoms with Crippen molar-refractivity contribution in [1.29, 1.82) is 0 Å². The first-order valence-corrected chi connectivity index (χ1v) is 8.11. The second kappa shape index (κ2) is 5.62. The number of ether oxygens (including phenoxy) is 1. The number of hydrogen-bond acceptors (Lipinski definition) is 3. The molecule has 3 nitrogen and oxygen atoms in total. The zero-order valence-electron chi connectivity index (χ0n) is 13.6. The lowest BCUT2D eigenvalue weighted by Crippen LogP contribution is -2.51. The first kappa shape index (κ1) is 14.9. The highest BCUT2D eigenvalue weighted by Crippen LogP contribution is 2.38. The SMILES string of the molecule is Cc1cc(C)c2c(c1)C(O)C(N1CC(C)CC(C)C1)CO2. The summed E-state index contributed by atoms with van der Waals surface area (Å²) in [7, 11) is 0. The third-order valence-electron chi connectivity index (χ3n) is 4.90. The van der Waals surface area contributed by atoms with Crippen molar-refractivity contribution in [2.75, 3.05) is 19.7 Å². The van der Waals surface area contributed by atoms with Gasteiger partial charge in [-0.3, -0.25) is 4.90 Å². The van der Waals surface area contributed by atoms with Gasteiger partial charge >= 0.3 is 0 Å². The molecule has 0 spiro atoms. The van der Waals surface area contributed by atoms with E-state index >= 15 is 0 Å². The highest BCUT2D eigenvalue weighted by molar-refractivity contribution is 5.46. The fourth-order valence-corrected chi connectivity index (χ4v) is 4.16. The predicted molar refractivity (Wildman–Crippen MR) is 84.7 cm³/mol. The standard InChI is InChI=1S/C18H27NO2/c1-11-6-14(4)18-15(7-11)17(20)16(10-21-18)19-8-12(2)5-13(3)9-19/h6-7,12-13,16-17,20H,5,8-10H2,1-4H3. The van der Waals surface area contributed by atoms with E-state index in [9.17, 15) is 5.11 Å². The van der Waals surface area contributed by atoms with Crippen molar-refractivity contribution in [3.63, 3.8) is 0 Å². The smallest absolute Gasteiger partial charge is 0.128 e. The number of aliphatic hydroxyl groups excluding tert-OH is 1. The van der Waals surface area contributed by atoms with Gasteiger partial charge in [0.1, 0.15) is 18.5 Å². The molecule has 2 aliphatic rings. The fraction of sp³-hybridized carbons (Fsp3) is 0.667. The lowest BCUT2D eigenvalue weighted by atomic mass is 9.88. The van der Waals surface area contributed by atoms with Crippen molar-refractivity contribution in [3.8, 4) is 5.75 Å². The molecule has 21 heavy (non-hydrogen) atoms. The van der Waals surface area contributed by atoms with Gasteiger partial charge in [-0.2, -0.15) is 0 Å². The summed E-state index contributed by atoms with van der Waals surface area (Å²) in [5.74, 6) is 2.28. The Morgan fingerprint density at radius 1 is 1.14 bits per heavy atom. The van der Waals surface area contributed by atoms with Crippen LogP contribution in [0.5, 0.6) is 5.75 Å².